The van der Waals surface area contributed by atoms with Crippen LogP contribution < -0.4 is 0 Å². The van der Waals surface area contributed by atoms with Crippen LogP contribution in [0, 0.1) is 5.92 Å². The molecule has 0 bridgehead atoms. The molecule has 0 rings (SSSR count). The van der Waals surface area contributed by atoms with Crippen LogP contribution in [0.4, 0.5) is 4.79 Å². The lowest BCUT2D eigenvalue weighted by Crippen LogP contribution is -2.22. The lowest BCUT2D eigenvalue weighted by molar-refractivity contribution is -0.137. The van der Waals surface area contributed by atoms with Crippen LogP contribution in [0.3, 0.4) is 0 Å². The fourth-order valence-corrected chi connectivity index (χ4v) is 1.02. The first-order valence-corrected chi connectivity index (χ1v) is 5.69. The molecular formula is C12H20O5. The van der Waals surface area contributed by atoms with Gasteiger partial charge in [-0.15, -0.1) is 0 Å². The van der Waals surface area contributed by atoms with E-state index >= 15 is 0 Å². The zero-order valence-corrected chi connectivity index (χ0v) is 10.8. The normalized spacial score (nSPS) is 12.5. The molecule has 0 aliphatic carbocycles. The van der Waals surface area contributed by atoms with Gasteiger partial charge in [-0.2, -0.15) is 0 Å². The standard InChI is InChI=1S/C12H20O5/c1-5-15-11(13)8-7-10(9(3)4)17-12(14)16-6-2/h7-10H,5-6H2,1-4H3/b8-7-. The minimum Gasteiger partial charge on any atom is -0.463 e. The van der Waals surface area contributed by atoms with Crippen molar-refractivity contribution in [2.24, 2.45) is 5.92 Å². The van der Waals surface area contributed by atoms with Crippen LogP contribution in [-0.4, -0.2) is 31.4 Å². The molecule has 0 N–H and O–H groups in total. The van der Waals surface area contributed by atoms with Crippen LogP contribution >= 0.6 is 0 Å². The molecule has 5 heteroatoms. The molecule has 0 radical (unpaired) electrons. The van der Waals surface area contributed by atoms with Crippen LogP contribution in [0.25, 0.3) is 0 Å². The summed E-state index contributed by atoms with van der Waals surface area (Å²) in [6, 6.07) is 0. The van der Waals surface area contributed by atoms with E-state index < -0.39 is 18.2 Å². The number of hydrogen-bond acceptors (Lipinski definition) is 5. The second kappa shape index (κ2) is 8.61. The molecule has 0 fully saturated rings. The summed E-state index contributed by atoms with van der Waals surface area (Å²) < 4.78 is 14.4. The van der Waals surface area contributed by atoms with Crippen LogP contribution in [0.15, 0.2) is 12.2 Å². The Kier molecular flexibility index (Phi) is 7.84. The molecule has 0 aromatic carbocycles. The Morgan fingerprint density at radius 1 is 1.12 bits per heavy atom. The van der Waals surface area contributed by atoms with Crippen molar-refractivity contribution >= 4 is 12.1 Å². The van der Waals surface area contributed by atoms with Crippen molar-refractivity contribution in [3.63, 3.8) is 0 Å². The van der Waals surface area contributed by atoms with Gasteiger partial charge in [0.15, 0.2) is 0 Å². The molecule has 0 heterocycles. The van der Waals surface area contributed by atoms with Gasteiger partial charge >= 0.3 is 12.1 Å². The predicted octanol–water partition coefficient (Wildman–Crippen LogP) is 2.30. The Morgan fingerprint density at radius 2 is 1.71 bits per heavy atom. The molecule has 0 aliphatic heterocycles. The lowest BCUT2D eigenvalue weighted by Gasteiger charge is -2.17. The summed E-state index contributed by atoms with van der Waals surface area (Å²) in [6.07, 6.45) is 1.52. The van der Waals surface area contributed by atoms with Crippen molar-refractivity contribution in [2.45, 2.75) is 33.8 Å². The van der Waals surface area contributed by atoms with Gasteiger partial charge in [0, 0.05) is 6.08 Å². The van der Waals surface area contributed by atoms with Gasteiger partial charge in [-0.25, -0.2) is 9.59 Å². The van der Waals surface area contributed by atoms with Crippen molar-refractivity contribution < 1.29 is 23.8 Å². The molecule has 0 aromatic heterocycles. The molecule has 0 aliphatic rings. The topological polar surface area (TPSA) is 61.8 Å². The van der Waals surface area contributed by atoms with Crippen LogP contribution in [-0.2, 0) is 19.0 Å². The number of hydrogen-bond donors (Lipinski definition) is 0. The summed E-state index contributed by atoms with van der Waals surface area (Å²) in [5.74, 6) is -0.407. The summed E-state index contributed by atoms with van der Waals surface area (Å²) >= 11 is 0. The van der Waals surface area contributed by atoms with Gasteiger partial charge < -0.3 is 14.2 Å². The van der Waals surface area contributed by atoms with Gasteiger partial charge in [0.05, 0.1) is 13.2 Å². The minimum atomic E-state index is -0.736. The Balaban J connectivity index is 4.33. The summed E-state index contributed by atoms with van der Waals surface area (Å²) in [5, 5.41) is 0. The third-order valence-electron chi connectivity index (χ3n) is 1.86. The predicted molar refractivity (Wildman–Crippen MR) is 62.5 cm³/mol. The zero-order chi connectivity index (χ0) is 13.3. The van der Waals surface area contributed by atoms with Gasteiger partial charge in [-0.05, 0) is 25.8 Å². The first-order chi connectivity index (χ1) is 8.01. The maximum Gasteiger partial charge on any atom is 0.508 e. The average molecular weight is 244 g/mol. The highest BCUT2D eigenvalue weighted by Crippen LogP contribution is 2.09. The van der Waals surface area contributed by atoms with E-state index in [9.17, 15) is 9.59 Å². The highest BCUT2D eigenvalue weighted by atomic mass is 16.7. The minimum absolute atomic E-state index is 0.0464. The summed E-state index contributed by atoms with van der Waals surface area (Å²) in [7, 11) is 0. The molecule has 0 spiro atoms. The van der Waals surface area contributed by atoms with Crippen molar-refractivity contribution in [3.8, 4) is 0 Å². The van der Waals surface area contributed by atoms with E-state index in [4.69, 9.17) is 9.47 Å². The molecule has 1 atom stereocenters. The third kappa shape index (κ3) is 7.38. The van der Waals surface area contributed by atoms with E-state index in [1.807, 2.05) is 13.8 Å². The summed E-state index contributed by atoms with van der Waals surface area (Å²) in [5.41, 5.74) is 0. The Morgan fingerprint density at radius 3 is 2.18 bits per heavy atom. The van der Waals surface area contributed by atoms with Gasteiger partial charge in [-0.1, -0.05) is 13.8 Å². The van der Waals surface area contributed by atoms with E-state index in [-0.39, 0.29) is 12.5 Å². The van der Waals surface area contributed by atoms with Gasteiger partial charge in [0.25, 0.3) is 0 Å². The number of esters is 1. The van der Waals surface area contributed by atoms with E-state index in [2.05, 4.69) is 4.74 Å². The van der Waals surface area contributed by atoms with Crippen molar-refractivity contribution in [1.82, 2.24) is 0 Å². The fraction of sp³-hybridized carbons (Fsp3) is 0.667. The quantitative estimate of drug-likeness (QED) is 0.530. The van der Waals surface area contributed by atoms with Crippen LogP contribution in [0.5, 0.6) is 0 Å². The first-order valence-electron chi connectivity index (χ1n) is 5.69. The number of rotatable bonds is 6. The first kappa shape index (κ1) is 15.5. The smallest absolute Gasteiger partial charge is 0.463 e. The Hall–Kier alpha value is -1.52. The zero-order valence-electron chi connectivity index (χ0n) is 10.8. The number of ether oxygens (including phenoxy) is 3. The second-order valence-corrected chi connectivity index (χ2v) is 3.62. The summed E-state index contributed by atoms with van der Waals surface area (Å²) in [4.78, 5) is 22.2. The molecule has 1 unspecified atom stereocenters. The third-order valence-corrected chi connectivity index (χ3v) is 1.86. The highest BCUT2D eigenvalue weighted by Gasteiger charge is 2.16. The molecule has 0 saturated heterocycles. The molecule has 98 valence electrons. The molecular weight excluding hydrogens is 224 g/mol. The van der Waals surface area contributed by atoms with E-state index in [1.165, 1.54) is 12.2 Å². The van der Waals surface area contributed by atoms with Gasteiger partial charge in [0.2, 0.25) is 0 Å². The van der Waals surface area contributed by atoms with E-state index in [0.29, 0.717) is 6.61 Å². The molecule has 0 amide bonds. The molecule has 17 heavy (non-hydrogen) atoms. The largest absolute Gasteiger partial charge is 0.508 e. The Bertz CT molecular complexity index is 270. The average Bonchev–Trinajstić information content (AvgIpc) is 2.24. The van der Waals surface area contributed by atoms with E-state index in [0.717, 1.165) is 0 Å². The van der Waals surface area contributed by atoms with Crippen molar-refractivity contribution in [3.05, 3.63) is 12.2 Å². The van der Waals surface area contributed by atoms with Crippen molar-refractivity contribution in [2.75, 3.05) is 13.2 Å². The number of carbonyl (C=O) groups is 2. The summed E-state index contributed by atoms with van der Waals surface area (Å²) in [6.45, 7) is 7.74. The maximum absolute atomic E-state index is 11.1. The van der Waals surface area contributed by atoms with Gasteiger partial charge in [0.1, 0.15) is 6.10 Å². The molecule has 0 aromatic rings. The van der Waals surface area contributed by atoms with Gasteiger partial charge in [-0.3, -0.25) is 0 Å². The van der Waals surface area contributed by atoms with Crippen LogP contribution in [0.2, 0.25) is 0 Å². The number of carbonyl (C=O) groups excluding carboxylic acids is 2. The van der Waals surface area contributed by atoms with Crippen molar-refractivity contribution in [1.29, 1.82) is 0 Å². The lowest BCUT2D eigenvalue weighted by atomic mass is 10.1. The molecule has 0 saturated carbocycles. The molecule has 5 nitrogen and oxygen atoms in total. The maximum atomic E-state index is 11.1. The van der Waals surface area contributed by atoms with E-state index in [1.54, 1.807) is 13.8 Å². The SMILES string of the molecule is CCOC(=O)/C=C\C(OC(=O)OCC)C(C)C. The van der Waals surface area contributed by atoms with Crippen LogP contribution in [0.1, 0.15) is 27.7 Å². The highest BCUT2D eigenvalue weighted by molar-refractivity contribution is 5.82. The second-order valence-electron chi connectivity index (χ2n) is 3.62. The fourth-order valence-electron chi connectivity index (χ4n) is 1.02. The Labute approximate surface area is 102 Å². The monoisotopic (exact) mass is 244 g/mol.